The summed E-state index contributed by atoms with van der Waals surface area (Å²) < 4.78 is 5.75. The summed E-state index contributed by atoms with van der Waals surface area (Å²) >= 11 is 7.09. The first-order chi connectivity index (χ1) is 16.5. The average Bonchev–Trinajstić information content (AvgIpc) is 2.85. The second-order valence-electron chi connectivity index (χ2n) is 7.49. The number of benzene rings is 3. The molecule has 0 fully saturated rings. The van der Waals surface area contributed by atoms with Gasteiger partial charge in [0.05, 0.1) is 22.4 Å². The predicted octanol–water partition coefficient (Wildman–Crippen LogP) is 5.84. The van der Waals surface area contributed by atoms with Gasteiger partial charge in [-0.2, -0.15) is 5.26 Å². The zero-order chi connectivity index (χ0) is 23.9. The Morgan fingerprint density at radius 1 is 1.06 bits per heavy atom. The maximum Gasteiger partial charge on any atom is 0.234 e. The van der Waals surface area contributed by atoms with Crippen molar-refractivity contribution in [1.82, 2.24) is 5.32 Å². The second kappa shape index (κ2) is 10.9. The van der Waals surface area contributed by atoms with E-state index in [1.807, 2.05) is 42.5 Å². The molecule has 2 amide bonds. The Bertz CT molecular complexity index is 1250. The zero-order valence-electron chi connectivity index (χ0n) is 18.0. The molecule has 6 nitrogen and oxygen atoms in total. The minimum atomic E-state index is -0.376. The molecule has 1 unspecified atom stereocenters. The van der Waals surface area contributed by atoms with Crippen LogP contribution in [0.5, 0.6) is 11.5 Å². The van der Waals surface area contributed by atoms with Gasteiger partial charge in [0, 0.05) is 23.0 Å². The molecular formula is C26H20ClN3O3S. The summed E-state index contributed by atoms with van der Waals surface area (Å²) in [5, 5.41) is 16.3. The number of carbonyl (C=O) groups excluding carboxylic acids is 2. The van der Waals surface area contributed by atoms with E-state index in [1.54, 1.807) is 36.4 Å². The number of hydrogen-bond acceptors (Lipinski definition) is 5. The largest absolute Gasteiger partial charge is 0.457 e. The monoisotopic (exact) mass is 489 g/mol. The molecule has 0 aromatic heterocycles. The lowest BCUT2D eigenvalue weighted by Gasteiger charge is -2.25. The van der Waals surface area contributed by atoms with Gasteiger partial charge in [0.25, 0.3) is 0 Å². The molecule has 3 aromatic rings. The summed E-state index contributed by atoms with van der Waals surface area (Å²) in [7, 11) is 0. The molecule has 1 aliphatic heterocycles. The first-order valence-corrected chi connectivity index (χ1v) is 11.8. The van der Waals surface area contributed by atoms with Crippen LogP contribution in [0.2, 0.25) is 5.02 Å². The van der Waals surface area contributed by atoms with Gasteiger partial charge in [-0.05, 0) is 54.1 Å². The molecule has 1 aliphatic rings. The number of nitriles is 1. The summed E-state index contributed by atoms with van der Waals surface area (Å²) in [5.41, 5.74) is 1.88. The Labute approximate surface area is 206 Å². The lowest BCUT2D eigenvalue weighted by molar-refractivity contribution is -0.121. The first-order valence-electron chi connectivity index (χ1n) is 10.5. The van der Waals surface area contributed by atoms with Crippen LogP contribution in [0.4, 0.5) is 5.69 Å². The van der Waals surface area contributed by atoms with E-state index >= 15 is 0 Å². The standard InChI is InChI=1S/C26H20ClN3O3S/c27-18-8-6-17(7-9-18)22-14-24(31)30-26(23(22)15-28)34-16-25(32)29-19-10-12-21(13-11-19)33-20-4-2-1-3-5-20/h1-13,22H,14,16H2,(H,29,32)(H,30,31). The summed E-state index contributed by atoms with van der Waals surface area (Å²) in [6.07, 6.45) is 0.165. The van der Waals surface area contributed by atoms with E-state index in [0.717, 1.165) is 23.1 Å². The molecule has 1 heterocycles. The second-order valence-corrected chi connectivity index (χ2v) is 8.91. The molecule has 3 aromatic carbocycles. The number of para-hydroxylation sites is 1. The molecule has 0 radical (unpaired) electrons. The van der Waals surface area contributed by atoms with Crippen molar-refractivity contribution in [2.45, 2.75) is 12.3 Å². The number of carbonyl (C=O) groups is 2. The smallest absolute Gasteiger partial charge is 0.234 e. The predicted molar refractivity (Wildman–Crippen MR) is 134 cm³/mol. The number of amides is 2. The topological polar surface area (TPSA) is 91.2 Å². The van der Waals surface area contributed by atoms with Crippen LogP contribution in [-0.4, -0.2) is 17.6 Å². The van der Waals surface area contributed by atoms with Crippen molar-refractivity contribution in [3.8, 4) is 17.6 Å². The molecular weight excluding hydrogens is 470 g/mol. The fraction of sp³-hybridized carbons (Fsp3) is 0.115. The normalized spacial score (nSPS) is 15.3. The number of hydrogen-bond donors (Lipinski definition) is 2. The molecule has 34 heavy (non-hydrogen) atoms. The minimum absolute atomic E-state index is 0.0381. The van der Waals surface area contributed by atoms with E-state index in [9.17, 15) is 14.9 Å². The fourth-order valence-corrected chi connectivity index (χ4v) is 4.48. The van der Waals surface area contributed by atoms with Crippen LogP contribution < -0.4 is 15.4 Å². The highest BCUT2D eigenvalue weighted by molar-refractivity contribution is 8.03. The van der Waals surface area contributed by atoms with Crippen molar-refractivity contribution < 1.29 is 14.3 Å². The van der Waals surface area contributed by atoms with Crippen molar-refractivity contribution in [3.63, 3.8) is 0 Å². The van der Waals surface area contributed by atoms with Crippen LogP contribution in [0.25, 0.3) is 0 Å². The fourth-order valence-electron chi connectivity index (χ4n) is 3.48. The van der Waals surface area contributed by atoms with Crippen molar-refractivity contribution in [1.29, 1.82) is 5.26 Å². The van der Waals surface area contributed by atoms with E-state index in [0.29, 0.717) is 27.1 Å². The van der Waals surface area contributed by atoms with Crippen LogP contribution >= 0.6 is 23.4 Å². The van der Waals surface area contributed by atoms with E-state index in [2.05, 4.69) is 16.7 Å². The SMILES string of the molecule is N#CC1=C(SCC(=O)Nc2ccc(Oc3ccccc3)cc2)NC(=O)CC1c1ccc(Cl)cc1. The van der Waals surface area contributed by atoms with Gasteiger partial charge in [-0.3, -0.25) is 9.59 Å². The van der Waals surface area contributed by atoms with Crippen LogP contribution in [0.15, 0.2) is 89.5 Å². The van der Waals surface area contributed by atoms with Crippen molar-refractivity contribution in [3.05, 3.63) is 100 Å². The lowest BCUT2D eigenvalue weighted by Crippen LogP contribution is -2.31. The third-order valence-electron chi connectivity index (χ3n) is 5.09. The Morgan fingerprint density at radius 2 is 1.74 bits per heavy atom. The number of ether oxygens (including phenoxy) is 1. The quantitative estimate of drug-likeness (QED) is 0.435. The van der Waals surface area contributed by atoms with Crippen LogP contribution in [0.1, 0.15) is 17.9 Å². The lowest BCUT2D eigenvalue weighted by atomic mass is 9.87. The molecule has 0 saturated heterocycles. The number of rotatable bonds is 7. The van der Waals surface area contributed by atoms with Crippen molar-refractivity contribution >= 4 is 40.9 Å². The van der Waals surface area contributed by atoms with Crippen molar-refractivity contribution in [2.24, 2.45) is 0 Å². The number of halogens is 1. The average molecular weight is 490 g/mol. The van der Waals surface area contributed by atoms with E-state index in [4.69, 9.17) is 16.3 Å². The first kappa shape index (κ1) is 23.4. The molecule has 0 saturated carbocycles. The Morgan fingerprint density at radius 3 is 2.41 bits per heavy atom. The summed E-state index contributed by atoms with van der Waals surface area (Å²) in [6.45, 7) is 0. The Hall–Kier alpha value is -3.73. The Kier molecular flexibility index (Phi) is 7.53. The molecule has 2 N–H and O–H groups in total. The van der Waals surface area contributed by atoms with Gasteiger partial charge >= 0.3 is 0 Å². The van der Waals surface area contributed by atoms with Gasteiger partial charge in [0.1, 0.15) is 11.5 Å². The van der Waals surface area contributed by atoms with Crippen LogP contribution in [-0.2, 0) is 9.59 Å². The number of thioether (sulfide) groups is 1. The van der Waals surface area contributed by atoms with Crippen molar-refractivity contribution in [2.75, 3.05) is 11.1 Å². The molecule has 170 valence electrons. The molecule has 8 heteroatoms. The molecule has 0 aliphatic carbocycles. The van der Waals surface area contributed by atoms with Gasteiger partial charge in [-0.15, -0.1) is 0 Å². The Balaban J connectivity index is 1.38. The molecule has 0 spiro atoms. The third-order valence-corrected chi connectivity index (χ3v) is 6.36. The number of allylic oxidation sites excluding steroid dienone is 1. The van der Waals surface area contributed by atoms with Gasteiger partial charge < -0.3 is 15.4 Å². The number of anilines is 1. The van der Waals surface area contributed by atoms with E-state index in [-0.39, 0.29) is 29.9 Å². The summed E-state index contributed by atoms with van der Waals surface area (Å²) in [4.78, 5) is 24.8. The van der Waals surface area contributed by atoms with Crippen LogP contribution in [0, 0.1) is 11.3 Å². The molecule has 4 rings (SSSR count). The van der Waals surface area contributed by atoms with Gasteiger partial charge in [0.2, 0.25) is 11.8 Å². The number of nitrogens with one attached hydrogen (secondary N) is 2. The highest BCUT2D eigenvalue weighted by Gasteiger charge is 2.29. The summed E-state index contributed by atoms with van der Waals surface area (Å²) in [6, 6.07) is 25.7. The van der Waals surface area contributed by atoms with Gasteiger partial charge in [-0.1, -0.05) is 53.7 Å². The van der Waals surface area contributed by atoms with Gasteiger partial charge in [0.15, 0.2) is 0 Å². The van der Waals surface area contributed by atoms with Crippen LogP contribution in [0.3, 0.4) is 0 Å². The minimum Gasteiger partial charge on any atom is -0.457 e. The summed E-state index contributed by atoms with van der Waals surface area (Å²) in [5.74, 6) is 0.587. The molecule has 1 atom stereocenters. The van der Waals surface area contributed by atoms with E-state index < -0.39 is 0 Å². The maximum atomic E-state index is 12.5. The zero-order valence-corrected chi connectivity index (χ0v) is 19.5. The van der Waals surface area contributed by atoms with Gasteiger partial charge in [-0.25, -0.2) is 0 Å². The third kappa shape index (κ3) is 5.98. The highest BCUT2D eigenvalue weighted by atomic mass is 35.5. The maximum absolute atomic E-state index is 12.5. The highest BCUT2D eigenvalue weighted by Crippen LogP contribution is 2.36. The number of nitrogens with zero attached hydrogens (tertiary/aromatic N) is 1. The van der Waals surface area contributed by atoms with E-state index in [1.165, 1.54) is 0 Å². The molecule has 0 bridgehead atoms.